The second-order valence-corrected chi connectivity index (χ2v) is 9.19. The molecular weight excluding hydrogens is 400 g/mol. The lowest BCUT2D eigenvalue weighted by Gasteiger charge is -2.30. The first-order chi connectivity index (χ1) is 13.4. The molecule has 8 heteroatoms. The van der Waals surface area contributed by atoms with Crippen LogP contribution in [0, 0.1) is 0 Å². The highest BCUT2D eigenvalue weighted by molar-refractivity contribution is 7.89. The van der Waals surface area contributed by atoms with Gasteiger partial charge >= 0.3 is 0 Å². The average Bonchev–Trinajstić information content (AvgIpc) is 3.50. The van der Waals surface area contributed by atoms with Gasteiger partial charge in [0, 0.05) is 23.8 Å². The zero-order valence-corrected chi connectivity index (χ0v) is 17.0. The highest BCUT2D eigenvalue weighted by atomic mass is 35.5. The maximum absolute atomic E-state index is 13.2. The van der Waals surface area contributed by atoms with E-state index in [9.17, 15) is 13.2 Å². The minimum absolute atomic E-state index is 0.0376. The van der Waals surface area contributed by atoms with Crippen molar-refractivity contribution >= 4 is 33.2 Å². The van der Waals surface area contributed by atoms with Crippen LogP contribution >= 0.6 is 11.6 Å². The van der Waals surface area contributed by atoms with Gasteiger partial charge < -0.3 is 9.64 Å². The minimum Gasteiger partial charge on any atom is -0.497 e. The van der Waals surface area contributed by atoms with Crippen LogP contribution in [0.3, 0.4) is 0 Å². The third-order valence-electron chi connectivity index (χ3n) is 5.02. The number of nitrogens with zero attached hydrogens (tertiary/aromatic N) is 1. The van der Waals surface area contributed by atoms with Crippen LogP contribution in [0.5, 0.6) is 5.75 Å². The molecule has 0 aromatic heterocycles. The van der Waals surface area contributed by atoms with Crippen molar-refractivity contribution in [3.63, 3.8) is 0 Å². The van der Waals surface area contributed by atoms with Crippen LogP contribution in [0.1, 0.15) is 35.2 Å². The van der Waals surface area contributed by atoms with E-state index in [2.05, 4.69) is 4.72 Å². The van der Waals surface area contributed by atoms with E-state index in [0.717, 1.165) is 42.7 Å². The van der Waals surface area contributed by atoms with E-state index in [4.69, 9.17) is 16.3 Å². The fourth-order valence-electron chi connectivity index (χ4n) is 3.39. The zero-order valence-electron chi connectivity index (χ0n) is 15.4. The van der Waals surface area contributed by atoms with Crippen molar-refractivity contribution in [2.75, 3.05) is 18.6 Å². The smallest absolute Gasteiger partial charge is 0.258 e. The van der Waals surface area contributed by atoms with Gasteiger partial charge in [-0.05, 0) is 67.6 Å². The third kappa shape index (κ3) is 3.74. The van der Waals surface area contributed by atoms with E-state index < -0.39 is 10.0 Å². The fourth-order valence-corrected chi connectivity index (χ4v) is 5.22. The van der Waals surface area contributed by atoms with Gasteiger partial charge in [-0.1, -0.05) is 11.6 Å². The number of hydrogen-bond donors (Lipinski definition) is 1. The number of carbonyl (C=O) groups excluding carboxylic acids is 1. The summed E-state index contributed by atoms with van der Waals surface area (Å²) in [7, 11) is -2.14. The van der Waals surface area contributed by atoms with Crippen LogP contribution in [0.2, 0.25) is 5.02 Å². The van der Waals surface area contributed by atoms with Crippen molar-refractivity contribution in [2.45, 2.75) is 36.6 Å². The Hall–Kier alpha value is -2.09. The molecule has 2 aromatic carbocycles. The molecule has 2 aliphatic rings. The summed E-state index contributed by atoms with van der Waals surface area (Å²) in [4.78, 5) is 14.8. The predicted octanol–water partition coefficient (Wildman–Crippen LogP) is 3.38. The molecule has 0 unspecified atom stereocenters. The molecular formula is C20H21ClN2O4S. The molecule has 6 nitrogen and oxygen atoms in total. The first-order valence-corrected chi connectivity index (χ1v) is 11.1. The lowest BCUT2D eigenvalue weighted by atomic mass is 10.0. The molecule has 0 spiro atoms. The van der Waals surface area contributed by atoms with Gasteiger partial charge in [0.05, 0.1) is 12.1 Å². The lowest BCUT2D eigenvalue weighted by molar-refractivity contribution is 0.0985. The van der Waals surface area contributed by atoms with Crippen molar-refractivity contribution in [3.05, 3.63) is 52.5 Å². The molecule has 1 amide bonds. The minimum atomic E-state index is -3.75. The Kier molecular flexibility index (Phi) is 5.07. The highest BCUT2D eigenvalue weighted by Gasteiger charge is 2.31. The molecule has 0 atom stereocenters. The molecule has 1 N–H and O–H groups in total. The number of rotatable bonds is 5. The monoisotopic (exact) mass is 420 g/mol. The first kappa shape index (κ1) is 19.2. The molecule has 0 saturated heterocycles. The molecule has 148 valence electrons. The maximum Gasteiger partial charge on any atom is 0.258 e. The highest BCUT2D eigenvalue weighted by Crippen LogP contribution is 2.33. The second kappa shape index (κ2) is 7.39. The quantitative estimate of drug-likeness (QED) is 0.804. The van der Waals surface area contributed by atoms with E-state index in [1.165, 1.54) is 12.1 Å². The zero-order chi connectivity index (χ0) is 19.9. The van der Waals surface area contributed by atoms with Gasteiger partial charge in [0.25, 0.3) is 5.91 Å². The Morgan fingerprint density at radius 1 is 1.21 bits per heavy atom. The molecule has 2 aromatic rings. The molecule has 28 heavy (non-hydrogen) atoms. The van der Waals surface area contributed by atoms with Crippen LogP contribution in [-0.2, 0) is 16.4 Å². The number of ether oxygens (including phenoxy) is 1. The van der Waals surface area contributed by atoms with Gasteiger partial charge in [-0.2, -0.15) is 0 Å². The topological polar surface area (TPSA) is 75.7 Å². The molecule has 0 bridgehead atoms. The number of halogens is 1. The van der Waals surface area contributed by atoms with Gasteiger partial charge in [0.2, 0.25) is 10.0 Å². The van der Waals surface area contributed by atoms with Gasteiger partial charge in [-0.25, -0.2) is 13.1 Å². The van der Waals surface area contributed by atoms with Crippen LogP contribution in [-0.4, -0.2) is 34.0 Å². The molecule has 1 aliphatic heterocycles. The number of anilines is 1. The van der Waals surface area contributed by atoms with Crippen LogP contribution in [0.15, 0.2) is 41.3 Å². The summed E-state index contributed by atoms with van der Waals surface area (Å²) in [5, 5.41) is 0.105. The molecule has 1 heterocycles. The largest absolute Gasteiger partial charge is 0.497 e. The summed E-state index contributed by atoms with van der Waals surface area (Å²) in [5.41, 5.74) is 2.16. The first-order valence-electron chi connectivity index (χ1n) is 9.20. The average molecular weight is 421 g/mol. The van der Waals surface area contributed by atoms with Crippen molar-refractivity contribution in [2.24, 2.45) is 0 Å². The Balaban J connectivity index is 1.67. The van der Waals surface area contributed by atoms with E-state index in [1.807, 2.05) is 18.2 Å². The van der Waals surface area contributed by atoms with Crippen molar-refractivity contribution in [1.82, 2.24) is 4.72 Å². The Labute approximate surface area is 169 Å². The van der Waals surface area contributed by atoms with Crippen LogP contribution < -0.4 is 14.4 Å². The standard InChI is InChI=1S/C20H21ClN2O4S/c1-27-16-7-9-18-13(11-16)3-2-10-23(18)20(24)14-4-8-17(21)19(12-14)28(25,26)22-15-5-6-15/h4,7-9,11-12,15,22H,2-3,5-6,10H2,1H3. The van der Waals surface area contributed by atoms with Gasteiger partial charge in [0.1, 0.15) is 10.6 Å². The molecule has 4 rings (SSSR count). The number of amides is 1. The number of aryl methyl sites for hydroxylation is 1. The number of methoxy groups -OCH3 is 1. The normalized spacial score (nSPS) is 16.6. The number of carbonyl (C=O) groups is 1. The third-order valence-corrected chi connectivity index (χ3v) is 7.02. The Bertz CT molecular complexity index is 1030. The number of sulfonamides is 1. The number of nitrogens with one attached hydrogen (secondary N) is 1. The SMILES string of the molecule is COc1ccc2c(c1)CCCN2C(=O)c1ccc(Cl)c(S(=O)(=O)NC2CC2)c1. The van der Waals surface area contributed by atoms with E-state index >= 15 is 0 Å². The summed E-state index contributed by atoms with van der Waals surface area (Å²) < 4.78 is 33.1. The lowest BCUT2D eigenvalue weighted by Crippen LogP contribution is -2.35. The number of hydrogen-bond acceptors (Lipinski definition) is 4. The summed E-state index contributed by atoms with van der Waals surface area (Å²) in [6, 6.07) is 9.99. The Morgan fingerprint density at radius 3 is 2.71 bits per heavy atom. The van der Waals surface area contributed by atoms with E-state index in [0.29, 0.717) is 12.1 Å². The predicted molar refractivity (Wildman–Crippen MR) is 108 cm³/mol. The number of benzene rings is 2. The van der Waals surface area contributed by atoms with Crippen LogP contribution in [0.25, 0.3) is 0 Å². The Morgan fingerprint density at radius 2 is 2.00 bits per heavy atom. The fraction of sp³-hybridized carbons (Fsp3) is 0.350. The van der Waals surface area contributed by atoms with E-state index in [1.54, 1.807) is 18.1 Å². The molecule has 1 saturated carbocycles. The molecule has 1 aliphatic carbocycles. The van der Waals surface area contributed by atoms with E-state index in [-0.39, 0.29) is 21.9 Å². The van der Waals surface area contributed by atoms with Gasteiger partial charge in [0.15, 0.2) is 0 Å². The molecule has 1 fully saturated rings. The second-order valence-electron chi connectivity index (χ2n) is 7.10. The van der Waals surface area contributed by atoms with Crippen molar-refractivity contribution in [3.8, 4) is 5.75 Å². The van der Waals surface area contributed by atoms with Gasteiger partial charge in [-0.15, -0.1) is 0 Å². The summed E-state index contributed by atoms with van der Waals surface area (Å²) in [5.74, 6) is 0.504. The summed E-state index contributed by atoms with van der Waals surface area (Å²) in [6.07, 6.45) is 3.34. The summed E-state index contributed by atoms with van der Waals surface area (Å²) in [6.45, 7) is 0.573. The summed E-state index contributed by atoms with van der Waals surface area (Å²) >= 11 is 6.13. The van der Waals surface area contributed by atoms with Gasteiger partial charge in [-0.3, -0.25) is 4.79 Å². The number of fused-ring (bicyclic) bond motifs is 1. The van der Waals surface area contributed by atoms with Crippen molar-refractivity contribution < 1.29 is 17.9 Å². The van der Waals surface area contributed by atoms with Crippen LogP contribution in [0.4, 0.5) is 5.69 Å². The van der Waals surface area contributed by atoms with Crippen molar-refractivity contribution in [1.29, 1.82) is 0 Å². The molecule has 0 radical (unpaired) electrons. The maximum atomic E-state index is 13.2.